The van der Waals surface area contributed by atoms with Crippen molar-refractivity contribution in [3.8, 4) is 5.75 Å². The number of phenolic OH excluding ortho intramolecular Hbond substituents is 1. The monoisotopic (exact) mass is 474 g/mol. The second-order valence-corrected chi connectivity index (χ2v) is 9.04. The summed E-state index contributed by atoms with van der Waals surface area (Å²) in [7, 11) is 0. The largest absolute Gasteiger partial charge is 0.507 e. The van der Waals surface area contributed by atoms with Crippen LogP contribution in [0.4, 0.5) is 5.69 Å². The van der Waals surface area contributed by atoms with Crippen molar-refractivity contribution in [2.45, 2.75) is 46.5 Å². The van der Waals surface area contributed by atoms with Gasteiger partial charge in [0.15, 0.2) is 0 Å². The fourth-order valence-electron chi connectivity index (χ4n) is 4.76. The number of aromatic hydroxyl groups is 1. The molecule has 1 saturated heterocycles. The number of allylic oxidation sites excluding steroid dienone is 5. The Morgan fingerprint density at radius 1 is 0.914 bits per heavy atom. The molecule has 0 unspecified atom stereocenters. The zero-order chi connectivity index (χ0) is 25.0. The lowest BCUT2D eigenvalue weighted by molar-refractivity contribution is 0.271. The van der Waals surface area contributed by atoms with Crippen molar-refractivity contribution in [2.24, 2.45) is 0 Å². The van der Waals surface area contributed by atoms with Crippen molar-refractivity contribution in [3.05, 3.63) is 89.0 Å². The van der Waals surface area contributed by atoms with Gasteiger partial charge in [-0.2, -0.15) is 0 Å². The summed E-state index contributed by atoms with van der Waals surface area (Å²) in [6.45, 7) is 12.0. The molecule has 2 N–H and O–H groups in total. The van der Waals surface area contributed by atoms with E-state index in [0.717, 1.165) is 74.3 Å². The van der Waals surface area contributed by atoms with Gasteiger partial charge >= 0.3 is 0 Å². The number of aliphatic hydroxyl groups is 1. The molecule has 0 amide bonds. The fraction of sp³-hybridized carbons (Fsp3) is 0.419. The highest BCUT2D eigenvalue weighted by atomic mass is 16.3. The number of piperazine rings is 1. The van der Waals surface area contributed by atoms with Crippen LogP contribution in [0.25, 0.3) is 5.57 Å². The van der Waals surface area contributed by atoms with Crippen molar-refractivity contribution in [3.63, 3.8) is 0 Å². The van der Waals surface area contributed by atoms with Crippen molar-refractivity contribution in [1.82, 2.24) is 4.90 Å². The first kappa shape index (κ1) is 26.8. The van der Waals surface area contributed by atoms with E-state index in [4.69, 9.17) is 0 Å². The Labute approximate surface area is 211 Å². The van der Waals surface area contributed by atoms with E-state index in [1.165, 1.54) is 11.3 Å². The van der Waals surface area contributed by atoms with Gasteiger partial charge in [0.05, 0.1) is 0 Å². The van der Waals surface area contributed by atoms with Crippen LogP contribution in [0.5, 0.6) is 5.75 Å². The van der Waals surface area contributed by atoms with Gasteiger partial charge in [-0.3, -0.25) is 0 Å². The van der Waals surface area contributed by atoms with Crippen molar-refractivity contribution < 1.29 is 10.2 Å². The van der Waals surface area contributed by atoms with Gasteiger partial charge in [0.2, 0.25) is 0 Å². The molecule has 0 atom stereocenters. The molecule has 4 heteroatoms. The Morgan fingerprint density at radius 3 is 2.23 bits per heavy atom. The summed E-state index contributed by atoms with van der Waals surface area (Å²) >= 11 is 0. The van der Waals surface area contributed by atoms with E-state index in [2.05, 4.69) is 73.1 Å². The SMILES string of the molecule is CC\C=C/C(=C\CC)C(/CCCO)=C(\c1ccc(N2CCN(CC)CC2)cc1)c1ccccc1O. The summed E-state index contributed by atoms with van der Waals surface area (Å²) in [6.07, 6.45) is 9.91. The Kier molecular flexibility index (Phi) is 10.6. The molecular formula is C31H42N2O2. The molecular weight excluding hydrogens is 432 g/mol. The lowest BCUT2D eigenvalue weighted by Gasteiger charge is -2.35. The van der Waals surface area contributed by atoms with E-state index in [1.54, 1.807) is 6.07 Å². The normalized spacial score (nSPS) is 16.1. The number of nitrogens with zero attached hydrogens (tertiary/aromatic N) is 2. The number of phenols is 1. The summed E-state index contributed by atoms with van der Waals surface area (Å²) in [4.78, 5) is 4.95. The van der Waals surface area contributed by atoms with E-state index in [1.807, 2.05) is 18.2 Å². The molecule has 2 aromatic rings. The summed E-state index contributed by atoms with van der Waals surface area (Å²) < 4.78 is 0. The van der Waals surface area contributed by atoms with Gasteiger partial charge in [-0.1, -0.05) is 69.3 Å². The van der Waals surface area contributed by atoms with Crippen LogP contribution in [0.3, 0.4) is 0 Å². The van der Waals surface area contributed by atoms with E-state index in [9.17, 15) is 10.2 Å². The molecule has 4 nitrogen and oxygen atoms in total. The van der Waals surface area contributed by atoms with Crippen LogP contribution in [0, 0.1) is 0 Å². The molecule has 3 rings (SSSR count). The Hall–Kier alpha value is -2.82. The Balaban J connectivity index is 2.11. The van der Waals surface area contributed by atoms with Crippen LogP contribution >= 0.6 is 0 Å². The maximum Gasteiger partial charge on any atom is 0.123 e. The Bertz CT molecular complexity index is 1010. The third-order valence-corrected chi connectivity index (χ3v) is 6.71. The smallest absolute Gasteiger partial charge is 0.123 e. The molecule has 2 aromatic carbocycles. The molecule has 0 radical (unpaired) electrons. The summed E-state index contributed by atoms with van der Waals surface area (Å²) in [5.74, 6) is 0.277. The molecule has 0 spiro atoms. The third kappa shape index (κ3) is 7.09. The number of anilines is 1. The number of hydrogen-bond donors (Lipinski definition) is 2. The highest BCUT2D eigenvalue weighted by molar-refractivity contribution is 5.88. The van der Waals surface area contributed by atoms with Crippen molar-refractivity contribution in [2.75, 3.05) is 44.2 Å². The maximum atomic E-state index is 10.9. The standard InChI is InChI=1S/C31H42N2O2/c1-4-7-12-25(11-5-2)28(14-10-24-34)31(29-13-8-9-15-30(29)35)26-16-18-27(19-17-26)33-22-20-32(6-3)21-23-33/h7-9,11-13,15-19,34-35H,4-6,10,14,20-24H2,1-3H3/b12-7-,25-11+,31-28+. The average Bonchev–Trinajstić information content (AvgIpc) is 2.90. The minimum Gasteiger partial charge on any atom is -0.507 e. The van der Waals surface area contributed by atoms with Gasteiger partial charge in [0.1, 0.15) is 5.75 Å². The highest BCUT2D eigenvalue weighted by Crippen LogP contribution is 2.38. The predicted molar refractivity (Wildman–Crippen MR) is 149 cm³/mol. The zero-order valence-electron chi connectivity index (χ0n) is 21.7. The van der Waals surface area contributed by atoms with Crippen LogP contribution < -0.4 is 4.90 Å². The second-order valence-electron chi connectivity index (χ2n) is 9.04. The molecule has 188 valence electrons. The van der Waals surface area contributed by atoms with Gasteiger partial charge < -0.3 is 20.0 Å². The van der Waals surface area contributed by atoms with Crippen LogP contribution in [0.1, 0.15) is 57.6 Å². The quantitative estimate of drug-likeness (QED) is 0.369. The van der Waals surface area contributed by atoms with E-state index in [-0.39, 0.29) is 12.4 Å². The van der Waals surface area contributed by atoms with E-state index < -0.39 is 0 Å². The fourth-order valence-corrected chi connectivity index (χ4v) is 4.76. The lowest BCUT2D eigenvalue weighted by atomic mass is 9.86. The van der Waals surface area contributed by atoms with Crippen LogP contribution in [0.2, 0.25) is 0 Å². The molecule has 0 aliphatic carbocycles. The molecule has 0 saturated carbocycles. The van der Waals surface area contributed by atoms with Gasteiger partial charge in [-0.15, -0.1) is 0 Å². The number of para-hydroxylation sites is 1. The molecule has 35 heavy (non-hydrogen) atoms. The van der Waals surface area contributed by atoms with Crippen molar-refractivity contribution >= 4 is 11.3 Å². The number of rotatable bonds is 11. The van der Waals surface area contributed by atoms with E-state index >= 15 is 0 Å². The highest BCUT2D eigenvalue weighted by Gasteiger charge is 2.19. The lowest BCUT2D eigenvalue weighted by Crippen LogP contribution is -2.46. The maximum absolute atomic E-state index is 10.9. The van der Waals surface area contributed by atoms with Gasteiger partial charge in [0.25, 0.3) is 0 Å². The van der Waals surface area contributed by atoms with Gasteiger partial charge in [0, 0.05) is 44.0 Å². The first-order chi connectivity index (χ1) is 17.1. The molecule has 0 bridgehead atoms. The average molecular weight is 475 g/mol. The van der Waals surface area contributed by atoms with E-state index in [0.29, 0.717) is 6.42 Å². The van der Waals surface area contributed by atoms with Gasteiger partial charge in [-0.25, -0.2) is 0 Å². The summed E-state index contributed by atoms with van der Waals surface area (Å²) in [6, 6.07) is 16.4. The third-order valence-electron chi connectivity index (χ3n) is 6.71. The number of likely N-dealkylation sites (N-methyl/N-ethyl adjacent to an activating group) is 1. The first-order valence-electron chi connectivity index (χ1n) is 13.2. The minimum absolute atomic E-state index is 0.136. The second kappa shape index (κ2) is 13.9. The predicted octanol–water partition coefficient (Wildman–Crippen LogP) is 6.41. The van der Waals surface area contributed by atoms with Crippen LogP contribution in [-0.2, 0) is 0 Å². The van der Waals surface area contributed by atoms with Crippen LogP contribution in [-0.4, -0.2) is 54.4 Å². The first-order valence-corrected chi connectivity index (χ1v) is 13.2. The van der Waals surface area contributed by atoms with Gasteiger partial charge in [-0.05, 0) is 72.7 Å². The molecule has 1 heterocycles. The Morgan fingerprint density at radius 2 is 1.63 bits per heavy atom. The topological polar surface area (TPSA) is 46.9 Å². The molecule has 1 fully saturated rings. The number of hydrogen-bond acceptors (Lipinski definition) is 4. The summed E-state index contributed by atoms with van der Waals surface area (Å²) in [5, 5.41) is 20.6. The number of aliphatic hydroxyl groups excluding tert-OH is 1. The minimum atomic E-state index is 0.136. The molecule has 0 aromatic heterocycles. The molecule has 1 aliphatic rings. The zero-order valence-corrected chi connectivity index (χ0v) is 21.7. The van der Waals surface area contributed by atoms with Crippen molar-refractivity contribution in [1.29, 1.82) is 0 Å². The number of benzene rings is 2. The summed E-state index contributed by atoms with van der Waals surface area (Å²) in [5.41, 5.74) is 6.53. The molecule has 1 aliphatic heterocycles. The van der Waals surface area contributed by atoms with Crippen LogP contribution in [0.15, 0.2) is 77.9 Å².